The van der Waals surface area contributed by atoms with E-state index in [0.29, 0.717) is 35.9 Å². The summed E-state index contributed by atoms with van der Waals surface area (Å²) in [5.41, 5.74) is 1.36. The maximum atomic E-state index is 11.8. The fourth-order valence-electron chi connectivity index (χ4n) is 2.12. The SMILES string of the molecule is O=C(O)CCCCC(=O)Nc1ccc(OCc2ccccn2)c(Cl)c1. The van der Waals surface area contributed by atoms with E-state index < -0.39 is 5.97 Å². The third-order valence-corrected chi connectivity index (χ3v) is 3.66. The summed E-state index contributed by atoms with van der Waals surface area (Å²) in [7, 11) is 0. The Bertz CT molecular complexity index is 722. The van der Waals surface area contributed by atoms with Crippen LogP contribution in [-0.2, 0) is 16.2 Å². The normalized spacial score (nSPS) is 10.3. The predicted molar refractivity (Wildman–Crippen MR) is 94.8 cm³/mol. The van der Waals surface area contributed by atoms with Crippen molar-refractivity contribution in [2.24, 2.45) is 0 Å². The van der Waals surface area contributed by atoms with Crippen molar-refractivity contribution in [3.63, 3.8) is 0 Å². The Morgan fingerprint density at radius 1 is 1.16 bits per heavy atom. The lowest BCUT2D eigenvalue weighted by Gasteiger charge is -2.10. The number of hydrogen-bond donors (Lipinski definition) is 2. The molecule has 25 heavy (non-hydrogen) atoms. The second kappa shape index (κ2) is 9.64. The largest absolute Gasteiger partial charge is 0.486 e. The second-order valence-electron chi connectivity index (χ2n) is 5.40. The lowest BCUT2D eigenvalue weighted by molar-refractivity contribution is -0.137. The molecule has 0 atom stereocenters. The molecule has 1 aromatic heterocycles. The van der Waals surface area contributed by atoms with E-state index in [9.17, 15) is 9.59 Å². The molecular formula is C18H19ClN2O4. The third-order valence-electron chi connectivity index (χ3n) is 3.36. The molecule has 0 aliphatic heterocycles. The van der Waals surface area contributed by atoms with Gasteiger partial charge < -0.3 is 15.2 Å². The summed E-state index contributed by atoms with van der Waals surface area (Å²) < 4.78 is 5.62. The van der Waals surface area contributed by atoms with Crippen molar-refractivity contribution in [1.82, 2.24) is 4.98 Å². The van der Waals surface area contributed by atoms with Crippen LogP contribution in [0, 0.1) is 0 Å². The first-order valence-corrected chi connectivity index (χ1v) is 8.26. The number of carboxylic acid groups (broad SMARTS) is 1. The number of benzene rings is 1. The zero-order chi connectivity index (χ0) is 18.1. The van der Waals surface area contributed by atoms with E-state index in [0.717, 1.165) is 5.69 Å². The molecule has 2 rings (SSSR count). The number of unbranched alkanes of at least 4 members (excludes halogenated alkanes) is 1. The van der Waals surface area contributed by atoms with Gasteiger partial charge in [0.25, 0.3) is 0 Å². The number of anilines is 1. The van der Waals surface area contributed by atoms with Crippen LogP contribution in [0.2, 0.25) is 5.02 Å². The minimum Gasteiger partial charge on any atom is -0.486 e. The molecule has 0 aliphatic carbocycles. The van der Waals surface area contributed by atoms with Crippen molar-refractivity contribution in [3.8, 4) is 5.75 Å². The fourth-order valence-corrected chi connectivity index (χ4v) is 2.35. The molecule has 1 heterocycles. The molecule has 0 fully saturated rings. The number of aromatic nitrogens is 1. The van der Waals surface area contributed by atoms with Gasteiger partial charge in [-0.3, -0.25) is 14.6 Å². The highest BCUT2D eigenvalue weighted by atomic mass is 35.5. The van der Waals surface area contributed by atoms with E-state index in [2.05, 4.69) is 10.3 Å². The monoisotopic (exact) mass is 362 g/mol. The average Bonchev–Trinajstić information content (AvgIpc) is 2.59. The van der Waals surface area contributed by atoms with Gasteiger partial charge in [0, 0.05) is 24.7 Å². The molecule has 0 saturated heterocycles. The highest BCUT2D eigenvalue weighted by Gasteiger charge is 2.07. The number of nitrogens with one attached hydrogen (secondary N) is 1. The van der Waals surface area contributed by atoms with Crippen molar-refractivity contribution < 1.29 is 19.4 Å². The number of ether oxygens (including phenoxy) is 1. The molecule has 0 saturated carbocycles. The Kier molecular flexibility index (Phi) is 7.22. The number of amides is 1. The number of nitrogens with zero attached hydrogens (tertiary/aromatic N) is 1. The zero-order valence-corrected chi connectivity index (χ0v) is 14.3. The van der Waals surface area contributed by atoms with Crippen molar-refractivity contribution >= 4 is 29.2 Å². The minimum atomic E-state index is -0.853. The highest BCUT2D eigenvalue weighted by molar-refractivity contribution is 6.32. The number of hydrogen-bond acceptors (Lipinski definition) is 4. The van der Waals surface area contributed by atoms with Gasteiger partial charge in [-0.15, -0.1) is 0 Å². The maximum Gasteiger partial charge on any atom is 0.303 e. The molecule has 1 amide bonds. The van der Waals surface area contributed by atoms with Crippen LogP contribution in [0.15, 0.2) is 42.6 Å². The van der Waals surface area contributed by atoms with E-state index >= 15 is 0 Å². The first-order valence-electron chi connectivity index (χ1n) is 7.88. The standard InChI is InChI=1S/C18H19ClN2O4/c19-15-11-13(21-17(22)6-1-2-7-18(23)24)8-9-16(15)25-12-14-5-3-4-10-20-14/h3-5,8-11H,1-2,6-7,12H2,(H,21,22)(H,23,24). The Balaban J connectivity index is 1.82. The summed E-state index contributed by atoms with van der Waals surface area (Å²) in [5, 5.41) is 11.7. The van der Waals surface area contributed by atoms with E-state index in [1.807, 2.05) is 18.2 Å². The van der Waals surface area contributed by atoms with Crippen molar-refractivity contribution in [3.05, 3.63) is 53.3 Å². The van der Waals surface area contributed by atoms with Crippen LogP contribution in [0.3, 0.4) is 0 Å². The van der Waals surface area contributed by atoms with Crippen LogP contribution < -0.4 is 10.1 Å². The topological polar surface area (TPSA) is 88.5 Å². The van der Waals surface area contributed by atoms with Gasteiger partial charge in [-0.25, -0.2) is 0 Å². The summed E-state index contributed by atoms with van der Waals surface area (Å²) in [6.07, 6.45) is 3.03. The van der Waals surface area contributed by atoms with E-state index in [-0.39, 0.29) is 18.7 Å². The number of pyridine rings is 1. The molecule has 0 unspecified atom stereocenters. The molecule has 0 aliphatic rings. The first kappa shape index (κ1) is 18.7. The number of halogens is 1. The maximum absolute atomic E-state index is 11.8. The van der Waals surface area contributed by atoms with Gasteiger partial charge in [-0.2, -0.15) is 0 Å². The van der Waals surface area contributed by atoms with Gasteiger partial charge in [0.05, 0.1) is 10.7 Å². The van der Waals surface area contributed by atoms with E-state index in [4.69, 9.17) is 21.4 Å². The Morgan fingerprint density at radius 3 is 2.64 bits per heavy atom. The lowest BCUT2D eigenvalue weighted by atomic mass is 10.2. The summed E-state index contributed by atoms with van der Waals surface area (Å²) in [5.74, 6) is -0.524. The van der Waals surface area contributed by atoms with Crippen molar-refractivity contribution in [2.75, 3.05) is 5.32 Å². The fraction of sp³-hybridized carbons (Fsp3) is 0.278. The van der Waals surface area contributed by atoms with Gasteiger partial charge >= 0.3 is 5.97 Å². The Morgan fingerprint density at radius 2 is 1.96 bits per heavy atom. The van der Waals surface area contributed by atoms with Gasteiger partial charge in [-0.1, -0.05) is 17.7 Å². The summed E-state index contributed by atoms with van der Waals surface area (Å²) in [6.45, 7) is 0.301. The third kappa shape index (κ3) is 6.81. The van der Waals surface area contributed by atoms with Crippen LogP contribution in [0.1, 0.15) is 31.4 Å². The van der Waals surface area contributed by atoms with Gasteiger partial charge in [0.15, 0.2) is 0 Å². The van der Waals surface area contributed by atoms with Crippen molar-refractivity contribution in [2.45, 2.75) is 32.3 Å². The summed E-state index contributed by atoms with van der Waals surface area (Å²) in [6, 6.07) is 10.6. The van der Waals surface area contributed by atoms with Crippen LogP contribution in [0.5, 0.6) is 5.75 Å². The number of carbonyl (C=O) groups is 2. The quantitative estimate of drug-likeness (QED) is 0.660. The zero-order valence-electron chi connectivity index (χ0n) is 13.6. The lowest BCUT2D eigenvalue weighted by Crippen LogP contribution is -2.11. The molecular weight excluding hydrogens is 344 g/mol. The molecule has 0 spiro atoms. The van der Waals surface area contributed by atoms with Crippen LogP contribution in [-0.4, -0.2) is 22.0 Å². The molecule has 0 bridgehead atoms. The number of rotatable bonds is 9. The van der Waals surface area contributed by atoms with Gasteiger partial charge in [0.2, 0.25) is 5.91 Å². The number of carboxylic acids is 1. The second-order valence-corrected chi connectivity index (χ2v) is 5.81. The first-order chi connectivity index (χ1) is 12.0. The number of aliphatic carboxylic acids is 1. The van der Waals surface area contributed by atoms with Gasteiger partial charge in [-0.05, 0) is 43.2 Å². The van der Waals surface area contributed by atoms with Crippen LogP contribution >= 0.6 is 11.6 Å². The van der Waals surface area contributed by atoms with Crippen LogP contribution in [0.25, 0.3) is 0 Å². The number of carbonyl (C=O) groups excluding carboxylic acids is 1. The summed E-state index contributed by atoms with van der Waals surface area (Å²) >= 11 is 6.18. The van der Waals surface area contributed by atoms with Crippen molar-refractivity contribution in [1.29, 1.82) is 0 Å². The molecule has 2 N–H and O–H groups in total. The molecule has 2 aromatic rings. The van der Waals surface area contributed by atoms with E-state index in [1.165, 1.54) is 0 Å². The van der Waals surface area contributed by atoms with E-state index in [1.54, 1.807) is 24.4 Å². The molecule has 132 valence electrons. The van der Waals surface area contributed by atoms with Crippen LogP contribution in [0.4, 0.5) is 5.69 Å². The predicted octanol–water partition coefficient (Wildman–Crippen LogP) is 3.90. The molecule has 7 heteroatoms. The Hall–Kier alpha value is -2.60. The highest BCUT2D eigenvalue weighted by Crippen LogP contribution is 2.28. The molecule has 1 aromatic carbocycles. The average molecular weight is 363 g/mol. The minimum absolute atomic E-state index is 0.0708. The summed E-state index contributed by atoms with van der Waals surface area (Å²) in [4.78, 5) is 26.4. The molecule has 0 radical (unpaired) electrons. The van der Waals surface area contributed by atoms with Gasteiger partial charge in [0.1, 0.15) is 12.4 Å². The Labute approximate surface area is 150 Å². The molecule has 6 nitrogen and oxygen atoms in total. The smallest absolute Gasteiger partial charge is 0.303 e.